The fourth-order valence-corrected chi connectivity index (χ4v) is 4.71. The number of carbonyl (C=O) groups is 2. The molecule has 5 heteroatoms. The Kier molecular flexibility index (Phi) is 5.76. The molecule has 1 aliphatic rings. The van der Waals surface area contributed by atoms with Crippen LogP contribution in [0.3, 0.4) is 0 Å². The van der Waals surface area contributed by atoms with Gasteiger partial charge in [-0.25, -0.2) is 4.79 Å². The van der Waals surface area contributed by atoms with Crippen molar-refractivity contribution < 1.29 is 14.7 Å². The number of aliphatic carboxylic acids is 1. The van der Waals surface area contributed by atoms with E-state index in [0.717, 1.165) is 17.4 Å². The number of benzene rings is 2. The third kappa shape index (κ3) is 4.57. The summed E-state index contributed by atoms with van der Waals surface area (Å²) in [5.74, 6) is -0.846. The second kappa shape index (κ2) is 8.62. The van der Waals surface area contributed by atoms with E-state index in [-0.39, 0.29) is 11.8 Å². The van der Waals surface area contributed by atoms with Crippen LogP contribution in [0, 0.1) is 0 Å². The van der Waals surface area contributed by atoms with Gasteiger partial charge in [0.15, 0.2) is 0 Å². The maximum atomic E-state index is 12.5. The number of carboxylic acid groups (broad SMARTS) is 1. The van der Waals surface area contributed by atoms with E-state index in [1.807, 2.05) is 23.6 Å². The van der Waals surface area contributed by atoms with Crippen LogP contribution < -0.4 is 5.32 Å². The molecule has 1 atom stereocenters. The van der Waals surface area contributed by atoms with E-state index in [2.05, 4.69) is 41.0 Å². The molecule has 1 aliphatic carbocycles. The van der Waals surface area contributed by atoms with Crippen LogP contribution in [0.1, 0.15) is 42.7 Å². The molecule has 29 heavy (non-hydrogen) atoms. The number of thiophene rings is 1. The lowest BCUT2D eigenvalue weighted by molar-refractivity contribution is -0.133. The first-order valence-electron chi connectivity index (χ1n) is 9.85. The van der Waals surface area contributed by atoms with Crippen LogP contribution >= 0.6 is 11.3 Å². The van der Waals surface area contributed by atoms with Crippen molar-refractivity contribution in [3.05, 3.63) is 81.7 Å². The molecule has 0 radical (unpaired) electrons. The van der Waals surface area contributed by atoms with E-state index in [4.69, 9.17) is 0 Å². The van der Waals surface area contributed by atoms with Crippen molar-refractivity contribution in [1.29, 1.82) is 0 Å². The number of carboxylic acids is 1. The molecule has 0 fully saturated rings. The zero-order valence-corrected chi connectivity index (χ0v) is 16.9. The maximum Gasteiger partial charge on any atom is 0.333 e. The lowest BCUT2D eigenvalue weighted by Gasteiger charge is -2.25. The van der Waals surface area contributed by atoms with Gasteiger partial charge < -0.3 is 10.4 Å². The van der Waals surface area contributed by atoms with Crippen molar-refractivity contribution in [3.63, 3.8) is 0 Å². The largest absolute Gasteiger partial charge is 0.478 e. The highest BCUT2D eigenvalue weighted by atomic mass is 32.1. The molecule has 4 nitrogen and oxygen atoms in total. The summed E-state index contributed by atoms with van der Waals surface area (Å²) in [6.07, 6.45) is 2.87. The normalized spacial score (nSPS) is 16.8. The molecule has 1 unspecified atom stereocenters. The summed E-state index contributed by atoms with van der Waals surface area (Å²) in [6, 6.07) is 16.4. The molecule has 148 valence electrons. The number of aryl methyl sites for hydroxylation is 1. The Balaban J connectivity index is 1.40. The Hall–Kier alpha value is -2.92. The SMILES string of the molecule is O=C(CCc1ccc2ccccc2c1)NC1=C(C(=O)O)CC(c2ccsc2)CC1. The monoisotopic (exact) mass is 405 g/mol. The van der Waals surface area contributed by atoms with Crippen molar-refractivity contribution >= 4 is 34.0 Å². The van der Waals surface area contributed by atoms with Crippen LogP contribution in [0.25, 0.3) is 10.8 Å². The van der Waals surface area contributed by atoms with E-state index < -0.39 is 5.97 Å². The number of allylic oxidation sites excluding steroid dienone is 1. The quantitative estimate of drug-likeness (QED) is 0.588. The van der Waals surface area contributed by atoms with Crippen LogP contribution in [-0.2, 0) is 16.0 Å². The first-order valence-corrected chi connectivity index (χ1v) is 10.8. The molecular formula is C24H23NO3S. The van der Waals surface area contributed by atoms with E-state index in [1.54, 1.807) is 11.3 Å². The van der Waals surface area contributed by atoms with Crippen molar-refractivity contribution in [2.45, 2.75) is 38.0 Å². The fraction of sp³-hybridized carbons (Fsp3) is 0.250. The van der Waals surface area contributed by atoms with E-state index in [0.29, 0.717) is 37.0 Å². The number of hydrogen-bond acceptors (Lipinski definition) is 3. The van der Waals surface area contributed by atoms with Crippen LogP contribution in [0.15, 0.2) is 70.6 Å². The standard InChI is InChI=1S/C24H23NO3S/c26-23(10-6-16-5-7-17-3-1-2-4-18(17)13-16)25-22-9-8-19(14-21(22)24(27)28)20-11-12-29-15-20/h1-5,7,11-13,15,19H,6,8-10,14H2,(H,25,26)(H,27,28). The van der Waals surface area contributed by atoms with Gasteiger partial charge in [0.2, 0.25) is 5.91 Å². The van der Waals surface area contributed by atoms with Crippen molar-refractivity contribution in [3.8, 4) is 0 Å². The van der Waals surface area contributed by atoms with Crippen molar-refractivity contribution in [1.82, 2.24) is 5.32 Å². The molecule has 0 saturated heterocycles. The zero-order chi connectivity index (χ0) is 20.2. The molecule has 3 aromatic rings. The smallest absolute Gasteiger partial charge is 0.333 e. The summed E-state index contributed by atoms with van der Waals surface area (Å²) in [5, 5.41) is 19.0. The average Bonchev–Trinajstić information content (AvgIpc) is 3.27. The predicted octanol–water partition coefficient (Wildman–Crippen LogP) is 5.26. The molecule has 2 N–H and O–H groups in total. The second-order valence-corrected chi connectivity index (χ2v) is 8.27. The van der Waals surface area contributed by atoms with Gasteiger partial charge in [-0.3, -0.25) is 4.79 Å². The predicted molar refractivity (Wildman–Crippen MR) is 116 cm³/mol. The number of nitrogens with one attached hydrogen (secondary N) is 1. The molecule has 1 heterocycles. The van der Waals surface area contributed by atoms with E-state index >= 15 is 0 Å². The molecule has 0 aliphatic heterocycles. The minimum absolute atomic E-state index is 0.124. The molecule has 2 aromatic carbocycles. The third-order valence-corrected chi connectivity index (χ3v) is 6.28. The van der Waals surface area contributed by atoms with Gasteiger partial charge in [-0.15, -0.1) is 0 Å². The number of hydrogen-bond donors (Lipinski definition) is 2. The zero-order valence-electron chi connectivity index (χ0n) is 16.1. The van der Waals surface area contributed by atoms with E-state index in [1.165, 1.54) is 10.9 Å². The minimum atomic E-state index is -0.935. The first kappa shape index (κ1) is 19.4. The van der Waals surface area contributed by atoms with Crippen molar-refractivity contribution in [2.75, 3.05) is 0 Å². The third-order valence-electron chi connectivity index (χ3n) is 5.58. The summed E-state index contributed by atoms with van der Waals surface area (Å²) in [4.78, 5) is 24.2. The molecule has 4 rings (SSSR count). The minimum Gasteiger partial charge on any atom is -0.478 e. The summed E-state index contributed by atoms with van der Waals surface area (Å²) in [7, 11) is 0. The Bertz CT molecular complexity index is 1070. The first-order chi connectivity index (χ1) is 14.1. The molecule has 0 spiro atoms. The highest BCUT2D eigenvalue weighted by molar-refractivity contribution is 7.08. The summed E-state index contributed by atoms with van der Waals surface area (Å²) < 4.78 is 0. The van der Waals surface area contributed by atoms with Crippen LogP contribution in [0.2, 0.25) is 0 Å². The summed E-state index contributed by atoms with van der Waals surface area (Å²) in [6.45, 7) is 0. The number of fused-ring (bicyclic) bond motifs is 1. The maximum absolute atomic E-state index is 12.5. The second-order valence-electron chi connectivity index (χ2n) is 7.49. The van der Waals surface area contributed by atoms with Gasteiger partial charge in [0.25, 0.3) is 0 Å². The Morgan fingerprint density at radius 1 is 1.10 bits per heavy atom. The lowest BCUT2D eigenvalue weighted by atomic mass is 9.83. The van der Waals surface area contributed by atoms with Gasteiger partial charge in [0.1, 0.15) is 0 Å². The van der Waals surface area contributed by atoms with Gasteiger partial charge >= 0.3 is 5.97 Å². The van der Waals surface area contributed by atoms with Crippen molar-refractivity contribution in [2.24, 2.45) is 0 Å². The lowest BCUT2D eigenvalue weighted by Crippen LogP contribution is -2.29. The van der Waals surface area contributed by atoms with Crippen LogP contribution in [0.5, 0.6) is 0 Å². The molecule has 0 saturated carbocycles. The summed E-state index contributed by atoms with van der Waals surface area (Å²) in [5.41, 5.74) is 3.21. The summed E-state index contributed by atoms with van der Waals surface area (Å²) >= 11 is 1.63. The Labute approximate surface area is 173 Å². The average molecular weight is 406 g/mol. The van der Waals surface area contributed by atoms with Gasteiger partial charge in [-0.05, 0) is 70.3 Å². The van der Waals surface area contributed by atoms with Gasteiger partial charge in [0.05, 0.1) is 5.57 Å². The highest BCUT2D eigenvalue weighted by Gasteiger charge is 2.27. The number of rotatable bonds is 6. The molecule has 1 amide bonds. The number of amides is 1. The Morgan fingerprint density at radius 2 is 1.93 bits per heavy atom. The highest BCUT2D eigenvalue weighted by Crippen LogP contribution is 2.36. The number of carbonyl (C=O) groups excluding carboxylic acids is 1. The van der Waals surface area contributed by atoms with Gasteiger partial charge in [-0.2, -0.15) is 11.3 Å². The van der Waals surface area contributed by atoms with Gasteiger partial charge in [-0.1, -0.05) is 42.5 Å². The topological polar surface area (TPSA) is 66.4 Å². The Morgan fingerprint density at radius 3 is 2.69 bits per heavy atom. The van der Waals surface area contributed by atoms with Gasteiger partial charge in [0, 0.05) is 12.1 Å². The van der Waals surface area contributed by atoms with Crippen LogP contribution in [-0.4, -0.2) is 17.0 Å². The molecule has 0 bridgehead atoms. The fourth-order valence-electron chi connectivity index (χ4n) is 3.97. The molecular weight excluding hydrogens is 382 g/mol. The molecule has 1 aromatic heterocycles. The van der Waals surface area contributed by atoms with E-state index in [9.17, 15) is 14.7 Å². The van der Waals surface area contributed by atoms with Crippen LogP contribution in [0.4, 0.5) is 0 Å².